The van der Waals surface area contributed by atoms with Gasteiger partial charge in [-0.3, -0.25) is 4.79 Å². The molecule has 3 rings (SSSR count). The maximum atomic E-state index is 12.2. The minimum Gasteiger partial charge on any atom is -0.489 e. The summed E-state index contributed by atoms with van der Waals surface area (Å²) in [4.78, 5) is 17.0. The van der Waals surface area contributed by atoms with E-state index in [1.807, 2.05) is 54.6 Å². The average Bonchev–Trinajstić information content (AvgIpc) is 2.77. The van der Waals surface area contributed by atoms with Gasteiger partial charge in [-0.1, -0.05) is 53.7 Å². The highest BCUT2D eigenvalue weighted by Crippen LogP contribution is 2.29. The Morgan fingerprint density at radius 3 is 2.41 bits per heavy atom. The highest BCUT2D eigenvalue weighted by Gasteiger charge is 2.18. The number of nitrogens with zero attached hydrogens (tertiary/aromatic N) is 1. The molecule has 0 aromatic heterocycles. The Hall–Kier alpha value is -3.80. The Morgan fingerprint density at radius 1 is 0.931 bits per heavy atom. The van der Waals surface area contributed by atoms with Crippen LogP contribution in [0.4, 0.5) is 0 Å². The summed E-state index contributed by atoms with van der Waals surface area (Å²) in [5, 5.41) is 6.40. The Morgan fingerprint density at radius 2 is 1.66 bits per heavy atom. The molecule has 0 atom stereocenters. The van der Waals surface area contributed by atoms with Crippen molar-refractivity contribution in [3.63, 3.8) is 0 Å². The van der Waals surface area contributed by atoms with Gasteiger partial charge in [0.15, 0.2) is 5.71 Å². The summed E-state index contributed by atoms with van der Waals surface area (Å²) >= 11 is 0. The lowest BCUT2D eigenvalue weighted by Gasteiger charge is -2.13. The summed E-state index contributed by atoms with van der Waals surface area (Å²) in [5.41, 5.74) is 1.72. The zero-order chi connectivity index (χ0) is 20.5. The van der Waals surface area contributed by atoms with Gasteiger partial charge in [-0.05, 0) is 29.8 Å². The number of para-hydroxylation sites is 1. The summed E-state index contributed by atoms with van der Waals surface area (Å²) < 4.78 is 11.9. The molecule has 0 unspecified atom stereocenters. The van der Waals surface area contributed by atoms with Gasteiger partial charge in [-0.25, -0.2) is 0 Å². The van der Waals surface area contributed by atoms with Gasteiger partial charge in [0.05, 0.1) is 5.56 Å². The van der Waals surface area contributed by atoms with Gasteiger partial charge < -0.3 is 19.6 Å². The molecule has 0 aliphatic rings. The number of benzene rings is 3. The molecule has 0 saturated carbocycles. The Labute approximate surface area is 169 Å². The lowest BCUT2D eigenvalue weighted by molar-refractivity contribution is -0.114. The first-order valence-corrected chi connectivity index (χ1v) is 9.08. The van der Waals surface area contributed by atoms with Gasteiger partial charge in [0.1, 0.15) is 31.0 Å². The molecule has 0 aliphatic carbocycles. The Bertz CT molecular complexity index is 987. The number of rotatable bonds is 8. The molecule has 6 nitrogen and oxygen atoms in total. The molecule has 29 heavy (non-hydrogen) atoms. The van der Waals surface area contributed by atoms with Crippen molar-refractivity contribution in [3.8, 4) is 17.2 Å². The van der Waals surface area contributed by atoms with E-state index in [1.54, 1.807) is 24.3 Å². The molecule has 6 heteroatoms. The van der Waals surface area contributed by atoms with Crippen LogP contribution in [-0.4, -0.2) is 25.8 Å². The van der Waals surface area contributed by atoms with Crippen LogP contribution < -0.4 is 14.8 Å². The van der Waals surface area contributed by atoms with E-state index in [2.05, 4.69) is 10.5 Å². The van der Waals surface area contributed by atoms with Crippen LogP contribution in [0.5, 0.6) is 17.2 Å². The average molecular weight is 390 g/mol. The molecule has 0 radical (unpaired) electrons. The number of carbonyl (C=O) groups excluding carboxylic acids is 1. The van der Waals surface area contributed by atoms with Gasteiger partial charge in [0, 0.05) is 13.1 Å². The molecule has 148 valence electrons. The number of hydrogen-bond acceptors (Lipinski definition) is 5. The Kier molecular flexibility index (Phi) is 6.84. The molecular formula is C23H22N2O4. The lowest BCUT2D eigenvalue weighted by atomic mass is 10.1. The van der Waals surface area contributed by atoms with E-state index in [9.17, 15) is 4.79 Å². The second kappa shape index (κ2) is 9.94. The molecule has 0 bridgehead atoms. The molecule has 0 fully saturated rings. The van der Waals surface area contributed by atoms with Crippen molar-refractivity contribution in [2.24, 2.45) is 5.16 Å². The minimum absolute atomic E-state index is 0.127. The maximum Gasteiger partial charge on any atom is 0.273 e. The molecule has 0 saturated heterocycles. The van der Waals surface area contributed by atoms with E-state index in [0.717, 1.165) is 5.56 Å². The fourth-order valence-corrected chi connectivity index (χ4v) is 2.67. The fourth-order valence-electron chi connectivity index (χ4n) is 2.67. The molecule has 3 aromatic carbocycles. The first-order valence-electron chi connectivity index (χ1n) is 9.08. The third kappa shape index (κ3) is 5.35. The van der Waals surface area contributed by atoms with Crippen LogP contribution in [-0.2, 0) is 16.2 Å². The van der Waals surface area contributed by atoms with Crippen molar-refractivity contribution in [1.82, 2.24) is 5.32 Å². The van der Waals surface area contributed by atoms with Gasteiger partial charge in [-0.15, -0.1) is 0 Å². The molecule has 0 heterocycles. The second-order valence-corrected chi connectivity index (χ2v) is 6.05. The van der Waals surface area contributed by atoms with Crippen LogP contribution >= 0.6 is 0 Å². The van der Waals surface area contributed by atoms with E-state index < -0.39 is 0 Å². The monoisotopic (exact) mass is 390 g/mol. The second-order valence-electron chi connectivity index (χ2n) is 6.05. The van der Waals surface area contributed by atoms with Crippen LogP contribution in [0.25, 0.3) is 0 Å². The lowest BCUT2D eigenvalue weighted by Crippen LogP contribution is -2.28. The first kappa shape index (κ1) is 19.9. The highest BCUT2D eigenvalue weighted by atomic mass is 16.6. The summed E-state index contributed by atoms with van der Waals surface area (Å²) in [6.45, 7) is 0.461. The zero-order valence-electron chi connectivity index (χ0n) is 16.3. The predicted molar refractivity (Wildman–Crippen MR) is 111 cm³/mol. The standard InChI is InChI=1S/C23H22N2O4/c1-24-23(26)22(25-27-2)20-13-6-7-14-21(20)29-19-12-8-11-18(15-19)28-16-17-9-4-3-5-10-17/h3-15H,16H2,1-2H3,(H,24,26). The smallest absolute Gasteiger partial charge is 0.273 e. The molecule has 0 aliphatic heterocycles. The van der Waals surface area contributed by atoms with Crippen molar-refractivity contribution in [3.05, 3.63) is 90.0 Å². The summed E-state index contributed by atoms with van der Waals surface area (Å²) in [6, 6.07) is 24.4. The summed E-state index contributed by atoms with van der Waals surface area (Å²) in [7, 11) is 2.92. The van der Waals surface area contributed by atoms with Gasteiger partial charge in [0.2, 0.25) is 0 Å². The fraction of sp³-hybridized carbons (Fsp3) is 0.130. The third-order valence-corrected chi connectivity index (χ3v) is 4.05. The molecular weight excluding hydrogens is 368 g/mol. The van der Waals surface area contributed by atoms with E-state index in [0.29, 0.717) is 29.4 Å². The Balaban J connectivity index is 1.80. The normalized spacial score (nSPS) is 10.9. The van der Waals surface area contributed by atoms with Crippen molar-refractivity contribution in [2.45, 2.75) is 6.61 Å². The molecule has 1 N–H and O–H groups in total. The van der Waals surface area contributed by atoms with Crippen molar-refractivity contribution >= 4 is 11.6 Å². The van der Waals surface area contributed by atoms with Crippen LogP contribution in [0, 0.1) is 0 Å². The van der Waals surface area contributed by atoms with Crippen molar-refractivity contribution < 1.29 is 19.1 Å². The largest absolute Gasteiger partial charge is 0.489 e. The van der Waals surface area contributed by atoms with Crippen LogP contribution in [0.15, 0.2) is 84.0 Å². The summed E-state index contributed by atoms with van der Waals surface area (Å²) in [6.07, 6.45) is 0. The van der Waals surface area contributed by atoms with Gasteiger partial charge >= 0.3 is 0 Å². The van der Waals surface area contributed by atoms with E-state index in [4.69, 9.17) is 14.3 Å². The summed E-state index contributed by atoms with van der Waals surface area (Å²) in [5.74, 6) is 1.37. The first-order chi connectivity index (χ1) is 14.2. The molecule has 3 aromatic rings. The zero-order valence-corrected chi connectivity index (χ0v) is 16.3. The highest BCUT2D eigenvalue weighted by molar-refractivity contribution is 6.45. The topological polar surface area (TPSA) is 69.2 Å². The number of amides is 1. The van der Waals surface area contributed by atoms with Crippen LogP contribution in [0.3, 0.4) is 0 Å². The third-order valence-electron chi connectivity index (χ3n) is 4.05. The van der Waals surface area contributed by atoms with Gasteiger partial charge in [-0.2, -0.15) is 0 Å². The molecule has 1 amide bonds. The van der Waals surface area contributed by atoms with Crippen molar-refractivity contribution in [2.75, 3.05) is 14.2 Å². The quantitative estimate of drug-likeness (QED) is 0.463. The van der Waals surface area contributed by atoms with Crippen LogP contribution in [0.2, 0.25) is 0 Å². The van der Waals surface area contributed by atoms with Crippen LogP contribution in [0.1, 0.15) is 11.1 Å². The van der Waals surface area contributed by atoms with E-state index >= 15 is 0 Å². The minimum atomic E-state index is -0.372. The van der Waals surface area contributed by atoms with Crippen molar-refractivity contribution in [1.29, 1.82) is 0 Å². The number of hydrogen-bond donors (Lipinski definition) is 1. The number of likely N-dealkylation sites (N-methyl/N-ethyl adjacent to an activating group) is 1. The number of carbonyl (C=O) groups is 1. The number of oxime groups is 1. The van der Waals surface area contributed by atoms with Gasteiger partial charge in [0.25, 0.3) is 5.91 Å². The van der Waals surface area contributed by atoms with E-state index in [-0.39, 0.29) is 11.6 Å². The number of ether oxygens (including phenoxy) is 2. The SMILES string of the molecule is CNC(=O)C(=NOC)c1ccccc1Oc1cccc(OCc2ccccc2)c1. The van der Waals surface area contributed by atoms with E-state index in [1.165, 1.54) is 14.2 Å². The number of nitrogens with one attached hydrogen (secondary N) is 1. The molecule has 0 spiro atoms. The predicted octanol–water partition coefficient (Wildman–Crippen LogP) is 4.15. The maximum absolute atomic E-state index is 12.2.